The highest BCUT2D eigenvalue weighted by Gasteiger charge is 2.19. The van der Waals surface area contributed by atoms with Crippen LogP contribution in [0.2, 0.25) is 5.02 Å². The third-order valence-corrected chi connectivity index (χ3v) is 5.84. The van der Waals surface area contributed by atoms with Crippen molar-refractivity contribution in [3.63, 3.8) is 0 Å². The van der Waals surface area contributed by atoms with Crippen LogP contribution in [-0.2, 0) is 16.6 Å². The van der Waals surface area contributed by atoms with Crippen molar-refractivity contribution < 1.29 is 13.2 Å². The zero-order chi connectivity index (χ0) is 21.4. The third kappa shape index (κ3) is 6.87. The lowest BCUT2D eigenvalue weighted by Gasteiger charge is -2.23. The lowest BCUT2D eigenvalue weighted by atomic mass is 10.2. The van der Waals surface area contributed by atoms with Crippen molar-refractivity contribution in [3.8, 4) is 0 Å². The number of carbonyl (C=O) groups is 1. The molecule has 0 aliphatic rings. The Hall–Kier alpha value is -2.38. The van der Waals surface area contributed by atoms with Gasteiger partial charge in [0.05, 0.1) is 18.5 Å². The molecule has 0 spiro atoms. The van der Waals surface area contributed by atoms with Gasteiger partial charge >= 0.3 is 0 Å². The summed E-state index contributed by atoms with van der Waals surface area (Å²) in [6.45, 7) is 4.07. The number of nitrogens with one attached hydrogen (secondary N) is 1. The Kier molecular flexibility index (Phi) is 8.22. The highest BCUT2D eigenvalue weighted by molar-refractivity contribution is 7.92. The van der Waals surface area contributed by atoms with Gasteiger partial charge in [-0.25, -0.2) is 13.8 Å². The normalized spacial score (nSPS) is 11.9. The molecule has 0 bridgehead atoms. The zero-order valence-electron chi connectivity index (χ0n) is 16.9. The second-order valence-corrected chi connectivity index (χ2v) is 9.11. The predicted molar refractivity (Wildman–Crippen MR) is 119 cm³/mol. The summed E-state index contributed by atoms with van der Waals surface area (Å²) in [5.41, 5.74) is 4.93. The van der Waals surface area contributed by atoms with Crippen molar-refractivity contribution in [2.45, 2.75) is 39.7 Å². The summed E-state index contributed by atoms with van der Waals surface area (Å²) in [6, 6.07) is 13.4. The number of anilines is 1. The minimum absolute atomic E-state index is 0.102. The number of sulfonamides is 1. The Morgan fingerprint density at radius 2 is 1.79 bits per heavy atom. The molecule has 0 saturated carbocycles. The van der Waals surface area contributed by atoms with Gasteiger partial charge in [0.25, 0.3) is 5.91 Å². The van der Waals surface area contributed by atoms with E-state index in [-0.39, 0.29) is 12.5 Å². The fourth-order valence-corrected chi connectivity index (χ4v) is 3.73. The maximum atomic E-state index is 12.3. The molecule has 2 rings (SSSR count). The molecule has 0 aliphatic heterocycles. The first-order valence-electron chi connectivity index (χ1n) is 9.37. The van der Waals surface area contributed by atoms with Crippen LogP contribution in [0.3, 0.4) is 0 Å². The number of halogens is 1. The van der Waals surface area contributed by atoms with Crippen molar-refractivity contribution in [2.24, 2.45) is 5.10 Å². The van der Waals surface area contributed by atoms with Crippen LogP contribution < -0.4 is 9.73 Å². The van der Waals surface area contributed by atoms with E-state index >= 15 is 0 Å². The molecule has 0 saturated heterocycles. The lowest BCUT2D eigenvalue weighted by molar-refractivity contribution is 0.0954. The number of amides is 1. The average Bonchev–Trinajstić information content (AvgIpc) is 2.69. The van der Waals surface area contributed by atoms with Gasteiger partial charge in [-0.15, -0.1) is 0 Å². The monoisotopic (exact) mass is 435 g/mol. The van der Waals surface area contributed by atoms with Crippen LogP contribution in [0.4, 0.5) is 5.69 Å². The van der Waals surface area contributed by atoms with Gasteiger partial charge in [-0.3, -0.25) is 9.10 Å². The summed E-state index contributed by atoms with van der Waals surface area (Å²) in [4.78, 5) is 12.3. The van der Waals surface area contributed by atoms with E-state index in [0.717, 1.165) is 31.2 Å². The molecule has 0 fully saturated rings. The first-order valence-corrected chi connectivity index (χ1v) is 11.6. The van der Waals surface area contributed by atoms with Crippen molar-refractivity contribution in [2.75, 3.05) is 10.6 Å². The zero-order valence-corrected chi connectivity index (χ0v) is 18.4. The Morgan fingerprint density at radius 3 is 2.38 bits per heavy atom. The molecule has 6 nitrogen and oxygen atoms in total. The van der Waals surface area contributed by atoms with E-state index in [9.17, 15) is 13.2 Å². The summed E-state index contributed by atoms with van der Waals surface area (Å²) in [7, 11) is -3.54. The molecule has 0 unspecified atom stereocenters. The molecule has 0 atom stereocenters. The Morgan fingerprint density at radius 1 is 1.14 bits per heavy atom. The molecular formula is C21H26ClN3O3S. The van der Waals surface area contributed by atoms with E-state index in [0.29, 0.717) is 21.8 Å². The largest absolute Gasteiger partial charge is 0.271 e. The molecule has 1 amide bonds. The highest BCUT2D eigenvalue weighted by Crippen LogP contribution is 2.24. The maximum absolute atomic E-state index is 12.3. The first-order chi connectivity index (χ1) is 13.7. The summed E-state index contributed by atoms with van der Waals surface area (Å²) < 4.78 is 25.9. The summed E-state index contributed by atoms with van der Waals surface area (Å²) in [5, 5.41) is 4.59. The molecule has 0 aromatic heterocycles. The molecule has 0 heterocycles. The van der Waals surface area contributed by atoms with Crippen LogP contribution >= 0.6 is 11.6 Å². The van der Waals surface area contributed by atoms with Crippen LogP contribution in [0, 0.1) is 0 Å². The predicted octanol–water partition coefficient (Wildman–Crippen LogP) is 4.60. The van der Waals surface area contributed by atoms with E-state index in [4.69, 9.17) is 11.6 Å². The van der Waals surface area contributed by atoms with Gasteiger partial charge in [-0.2, -0.15) is 5.10 Å². The minimum Gasteiger partial charge on any atom is -0.267 e. The standard InChI is InChI=1S/C21H26ClN3O3S/c1-4-5-8-16(2)23-24-21(26)17-11-13-19(14-12-17)25(29(3,27)28)15-18-9-6-7-10-20(18)22/h6-7,9-14H,4-5,8,15H2,1-3H3,(H,24,26)/b23-16-. The molecule has 0 aliphatic carbocycles. The third-order valence-electron chi connectivity index (χ3n) is 4.33. The van der Waals surface area contributed by atoms with Crippen molar-refractivity contribution in [1.29, 1.82) is 0 Å². The smallest absolute Gasteiger partial charge is 0.267 e. The summed E-state index contributed by atoms with van der Waals surface area (Å²) in [6.07, 6.45) is 4.05. The average molecular weight is 436 g/mol. The number of nitrogens with zero attached hydrogens (tertiary/aromatic N) is 2. The minimum atomic E-state index is -3.54. The Bertz CT molecular complexity index is 973. The van der Waals surface area contributed by atoms with Crippen molar-refractivity contribution >= 4 is 38.9 Å². The van der Waals surface area contributed by atoms with E-state index < -0.39 is 10.0 Å². The van der Waals surface area contributed by atoms with Gasteiger partial charge in [0, 0.05) is 16.3 Å². The summed E-state index contributed by atoms with van der Waals surface area (Å²) >= 11 is 6.18. The number of unbranched alkanes of at least 4 members (excludes halogenated alkanes) is 1. The van der Waals surface area contributed by atoms with Crippen LogP contribution in [-0.4, -0.2) is 26.3 Å². The second-order valence-electron chi connectivity index (χ2n) is 6.80. The number of rotatable bonds is 9. The van der Waals surface area contributed by atoms with Gasteiger partial charge in [0.2, 0.25) is 10.0 Å². The quantitative estimate of drug-likeness (QED) is 0.461. The fraction of sp³-hybridized carbons (Fsp3) is 0.333. The van der Waals surface area contributed by atoms with Crippen molar-refractivity contribution in [1.82, 2.24) is 5.43 Å². The van der Waals surface area contributed by atoms with Gasteiger partial charge in [-0.05, 0) is 55.7 Å². The van der Waals surface area contributed by atoms with Gasteiger partial charge in [-0.1, -0.05) is 43.1 Å². The Labute approximate surface area is 177 Å². The van der Waals surface area contributed by atoms with Crippen LogP contribution in [0.5, 0.6) is 0 Å². The SMILES string of the molecule is CCCC/C(C)=N\NC(=O)c1ccc(N(Cc2ccccc2Cl)S(C)(=O)=O)cc1. The number of hydrogen-bond acceptors (Lipinski definition) is 4. The topological polar surface area (TPSA) is 78.8 Å². The molecule has 2 aromatic rings. The molecule has 0 radical (unpaired) electrons. The fourth-order valence-electron chi connectivity index (χ4n) is 2.66. The van der Waals surface area contributed by atoms with Gasteiger partial charge in [0.15, 0.2) is 0 Å². The highest BCUT2D eigenvalue weighted by atomic mass is 35.5. The Balaban J connectivity index is 2.17. The molecule has 8 heteroatoms. The summed E-state index contributed by atoms with van der Waals surface area (Å²) in [5.74, 6) is -0.343. The van der Waals surface area contributed by atoms with Crippen LogP contribution in [0.1, 0.15) is 49.0 Å². The number of carbonyl (C=O) groups excluding carboxylic acids is 1. The molecule has 2 aromatic carbocycles. The molecular weight excluding hydrogens is 410 g/mol. The van der Waals surface area contributed by atoms with E-state index in [2.05, 4.69) is 17.5 Å². The molecule has 1 N–H and O–H groups in total. The molecule has 29 heavy (non-hydrogen) atoms. The maximum Gasteiger partial charge on any atom is 0.271 e. The van der Waals surface area contributed by atoms with Crippen LogP contribution in [0.15, 0.2) is 53.6 Å². The van der Waals surface area contributed by atoms with Gasteiger partial charge in [0.1, 0.15) is 0 Å². The van der Waals surface area contributed by atoms with Crippen LogP contribution in [0.25, 0.3) is 0 Å². The lowest BCUT2D eigenvalue weighted by Crippen LogP contribution is -2.29. The number of benzene rings is 2. The number of hydrazone groups is 1. The number of hydrogen-bond donors (Lipinski definition) is 1. The van der Waals surface area contributed by atoms with E-state index in [1.54, 1.807) is 48.5 Å². The van der Waals surface area contributed by atoms with E-state index in [1.807, 2.05) is 6.92 Å². The second kappa shape index (κ2) is 10.4. The van der Waals surface area contributed by atoms with Crippen molar-refractivity contribution in [3.05, 3.63) is 64.7 Å². The first kappa shape index (κ1) is 22.9. The molecule has 156 valence electrons. The van der Waals surface area contributed by atoms with E-state index in [1.165, 1.54) is 4.31 Å². The van der Waals surface area contributed by atoms with Gasteiger partial charge < -0.3 is 0 Å².